The zero-order valence-electron chi connectivity index (χ0n) is 13.0. The fraction of sp³-hybridized carbons (Fsp3) is 0.833. The molecule has 0 aromatic rings. The summed E-state index contributed by atoms with van der Waals surface area (Å²) in [7, 11) is 2.25. The van der Waals surface area contributed by atoms with Crippen LogP contribution in [0.5, 0.6) is 0 Å². The first-order chi connectivity index (χ1) is 9.90. The van der Waals surface area contributed by atoms with Gasteiger partial charge < -0.3 is 23.7 Å². The Morgan fingerprint density at radius 3 is 2.29 bits per heavy atom. The van der Waals surface area contributed by atoms with Crippen LogP contribution in [0, 0.1) is 5.92 Å². The van der Waals surface area contributed by atoms with E-state index in [1.165, 1.54) is 0 Å². The fourth-order valence-corrected chi connectivity index (χ4v) is 4.62. The molecule has 0 saturated heterocycles. The zero-order chi connectivity index (χ0) is 16.3. The van der Waals surface area contributed by atoms with Gasteiger partial charge in [-0.1, -0.05) is 6.92 Å². The first-order valence-corrected chi connectivity index (χ1v) is 9.72. The van der Waals surface area contributed by atoms with E-state index in [0.29, 0.717) is 5.75 Å². The summed E-state index contributed by atoms with van der Waals surface area (Å²) >= 11 is 1.64. The molecule has 0 aliphatic rings. The van der Waals surface area contributed by atoms with Crippen LogP contribution in [0.2, 0.25) is 6.04 Å². The lowest BCUT2D eigenvalue weighted by atomic mass is 10.2. The molecule has 0 saturated carbocycles. The molecule has 0 aliphatic heterocycles. The molecule has 0 fully saturated rings. The highest BCUT2D eigenvalue weighted by Crippen LogP contribution is 2.18. The average molecular weight is 339 g/mol. The summed E-state index contributed by atoms with van der Waals surface area (Å²) < 4.78 is 16.0. The van der Waals surface area contributed by atoms with Gasteiger partial charge in [0.25, 0.3) is 0 Å². The van der Waals surface area contributed by atoms with Gasteiger partial charge in [0.2, 0.25) is 5.91 Å². The molecule has 9 heteroatoms. The number of hydrogen-bond acceptors (Lipinski definition) is 6. The van der Waals surface area contributed by atoms with E-state index in [0.717, 1.165) is 18.2 Å². The Bertz CT molecular complexity index is 319. The number of aliphatic carboxylic acids is 1. The minimum Gasteiger partial charge on any atom is -0.480 e. The van der Waals surface area contributed by atoms with Crippen LogP contribution in [0.15, 0.2) is 0 Å². The number of carbonyl (C=O) groups excluding carboxylic acids is 1. The van der Waals surface area contributed by atoms with E-state index in [2.05, 4.69) is 5.32 Å². The molecule has 0 heterocycles. The van der Waals surface area contributed by atoms with Crippen molar-refractivity contribution in [3.8, 4) is 0 Å². The van der Waals surface area contributed by atoms with Crippen molar-refractivity contribution in [2.45, 2.75) is 19.4 Å². The topological polar surface area (TPSA) is 94.1 Å². The first-order valence-electron chi connectivity index (χ1n) is 6.63. The molecule has 21 heavy (non-hydrogen) atoms. The molecule has 1 atom stereocenters. The SMILES string of the molecule is CO[Si](CCCSCC(C)C(=O)NCC(=O)O)(OC)OC. The Hall–Kier alpha value is -0.613. The van der Waals surface area contributed by atoms with Crippen LogP contribution >= 0.6 is 11.8 Å². The molecule has 0 bridgehead atoms. The van der Waals surface area contributed by atoms with Gasteiger partial charge in [-0.05, 0) is 12.2 Å². The monoisotopic (exact) mass is 339 g/mol. The Kier molecular flexibility index (Phi) is 10.7. The summed E-state index contributed by atoms with van der Waals surface area (Å²) in [5, 5.41) is 10.9. The molecule has 0 spiro atoms. The van der Waals surface area contributed by atoms with Crippen molar-refractivity contribution in [3.05, 3.63) is 0 Å². The number of thioether (sulfide) groups is 1. The van der Waals surface area contributed by atoms with Crippen molar-refractivity contribution >= 4 is 32.4 Å². The molecule has 0 aliphatic carbocycles. The van der Waals surface area contributed by atoms with Crippen LogP contribution in [-0.2, 0) is 22.9 Å². The summed E-state index contributed by atoms with van der Waals surface area (Å²) in [4.78, 5) is 21.9. The van der Waals surface area contributed by atoms with Gasteiger partial charge in [-0.3, -0.25) is 9.59 Å². The first kappa shape index (κ1) is 20.4. The molecule has 0 aromatic carbocycles. The van der Waals surface area contributed by atoms with Gasteiger partial charge >= 0.3 is 14.8 Å². The van der Waals surface area contributed by atoms with Crippen molar-refractivity contribution in [3.63, 3.8) is 0 Å². The van der Waals surface area contributed by atoms with Crippen molar-refractivity contribution in [1.29, 1.82) is 0 Å². The van der Waals surface area contributed by atoms with Crippen LogP contribution in [0.25, 0.3) is 0 Å². The van der Waals surface area contributed by atoms with E-state index in [9.17, 15) is 9.59 Å². The quantitative estimate of drug-likeness (QED) is 0.402. The summed E-state index contributed by atoms with van der Waals surface area (Å²) in [6.45, 7) is 1.44. The van der Waals surface area contributed by atoms with Gasteiger partial charge in [0.05, 0.1) is 0 Å². The maximum Gasteiger partial charge on any atom is 0.500 e. The highest BCUT2D eigenvalue weighted by molar-refractivity contribution is 7.99. The van der Waals surface area contributed by atoms with Gasteiger partial charge in [-0.2, -0.15) is 11.8 Å². The molecular formula is C12H25NO6SSi. The van der Waals surface area contributed by atoms with Crippen molar-refractivity contribution in [1.82, 2.24) is 5.32 Å². The summed E-state index contributed by atoms with van der Waals surface area (Å²) in [5.41, 5.74) is 0. The Morgan fingerprint density at radius 1 is 1.24 bits per heavy atom. The van der Waals surface area contributed by atoms with Crippen LogP contribution in [-0.4, -0.2) is 65.2 Å². The second-order valence-corrected chi connectivity index (χ2v) is 8.73. The number of nitrogens with one attached hydrogen (secondary N) is 1. The number of amides is 1. The second-order valence-electron chi connectivity index (χ2n) is 4.49. The second kappa shape index (κ2) is 11.0. The third-order valence-electron chi connectivity index (χ3n) is 2.93. The lowest BCUT2D eigenvalue weighted by Crippen LogP contribution is -2.42. The number of hydrogen-bond donors (Lipinski definition) is 2. The standard InChI is InChI=1S/C12H25NO6SSi/c1-10(12(16)13-8-11(14)15)9-20-6-5-7-21(17-2,18-3)19-4/h10H,5-9H2,1-4H3,(H,13,16)(H,14,15). The lowest BCUT2D eigenvalue weighted by Gasteiger charge is -2.24. The molecule has 0 rings (SSSR count). The molecular weight excluding hydrogens is 314 g/mol. The maximum atomic E-state index is 11.6. The van der Waals surface area contributed by atoms with Gasteiger partial charge in [-0.25, -0.2) is 0 Å². The van der Waals surface area contributed by atoms with Gasteiger partial charge in [0, 0.05) is 39.0 Å². The predicted molar refractivity (Wildman–Crippen MR) is 83.3 cm³/mol. The maximum absolute atomic E-state index is 11.6. The van der Waals surface area contributed by atoms with E-state index in [4.69, 9.17) is 18.4 Å². The van der Waals surface area contributed by atoms with Crippen LogP contribution in [0.1, 0.15) is 13.3 Å². The smallest absolute Gasteiger partial charge is 0.480 e. The normalized spacial score (nSPS) is 13.0. The van der Waals surface area contributed by atoms with Gasteiger partial charge in [0.15, 0.2) is 0 Å². The average Bonchev–Trinajstić information content (AvgIpc) is 2.48. The van der Waals surface area contributed by atoms with E-state index in [1.807, 2.05) is 0 Å². The lowest BCUT2D eigenvalue weighted by molar-refractivity contribution is -0.138. The molecule has 0 aromatic heterocycles. The van der Waals surface area contributed by atoms with Crippen LogP contribution in [0.3, 0.4) is 0 Å². The van der Waals surface area contributed by atoms with E-state index >= 15 is 0 Å². The third-order valence-corrected chi connectivity index (χ3v) is 7.08. The van der Waals surface area contributed by atoms with E-state index in [-0.39, 0.29) is 18.4 Å². The molecule has 7 nitrogen and oxygen atoms in total. The molecule has 0 radical (unpaired) electrons. The summed E-state index contributed by atoms with van der Waals surface area (Å²) in [5.74, 6) is 0.0139. The number of carbonyl (C=O) groups is 2. The van der Waals surface area contributed by atoms with Crippen molar-refractivity contribution < 1.29 is 28.0 Å². The number of rotatable bonds is 12. The highest BCUT2D eigenvalue weighted by atomic mass is 32.2. The van der Waals surface area contributed by atoms with Crippen molar-refractivity contribution in [2.24, 2.45) is 5.92 Å². The minimum absolute atomic E-state index is 0.219. The van der Waals surface area contributed by atoms with E-state index in [1.54, 1.807) is 40.0 Å². The zero-order valence-corrected chi connectivity index (χ0v) is 14.8. The number of carboxylic acid groups (broad SMARTS) is 1. The molecule has 2 N–H and O–H groups in total. The largest absolute Gasteiger partial charge is 0.500 e. The molecule has 124 valence electrons. The minimum atomic E-state index is -2.50. The van der Waals surface area contributed by atoms with E-state index < -0.39 is 14.8 Å². The number of carboxylic acids is 1. The summed E-state index contributed by atoms with van der Waals surface area (Å²) in [6, 6.07) is 0.725. The molecule has 1 unspecified atom stereocenters. The van der Waals surface area contributed by atoms with Crippen molar-refractivity contribution in [2.75, 3.05) is 39.4 Å². The Balaban J connectivity index is 3.84. The molecule has 1 amide bonds. The fourth-order valence-electron chi connectivity index (χ4n) is 1.62. The van der Waals surface area contributed by atoms with Crippen LogP contribution < -0.4 is 5.32 Å². The Morgan fingerprint density at radius 2 is 1.81 bits per heavy atom. The Labute approximate surface area is 131 Å². The predicted octanol–water partition coefficient (Wildman–Crippen LogP) is 0.825. The van der Waals surface area contributed by atoms with Gasteiger partial charge in [-0.15, -0.1) is 0 Å². The van der Waals surface area contributed by atoms with Crippen LogP contribution in [0.4, 0.5) is 0 Å². The third kappa shape index (κ3) is 8.42. The van der Waals surface area contributed by atoms with Gasteiger partial charge in [0.1, 0.15) is 6.54 Å². The summed E-state index contributed by atoms with van der Waals surface area (Å²) in [6.07, 6.45) is 0.871. The highest BCUT2D eigenvalue weighted by Gasteiger charge is 2.36.